The van der Waals surface area contributed by atoms with E-state index < -0.39 is 11.4 Å². The van der Waals surface area contributed by atoms with Crippen molar-refractivity contribution in [3.05, 3.63) is 29.0 Å². The predicted molar refractivity (Wildman–Crippen MR) is 57.9 cm³/mol. The molecule has 82 valence electrons. The van der Waals surface area contributed by atoms with E-state index >= 15 is 0 Å². The molecule has 0 aromatic carbocycles. The molecule has 0 aliphatic heterocycles. The van der Waals surface area contributed by atoms with Gasteiger partial charge in [-0.25, -0.2) is 0 Å². The minimum atomic E-state index is -0.912. The van der Waals surface area contributed by atoms with E-state index in [1.807, 2.05) is 0 Å². The summed E-state index contributed by atoms with van der Waals surface area (Å²) >= 11 is 5.96. The number of carboxylic acids is 1. The summed E-state index contributed by atoms with van der Waals surface area (Å²) < 4.78 is 0. The number of nitrogens with two attached hydrogens (primary N) is 1. The molecule has 1 heterocycles. The number of nitrogens with zero attached hydrogens (tertiary/aromatic N) is 1. The van der Waals surface area contributed by atoms with Crippen LogP contribution in [0.15, 0.2) is 18.3 Å². The van der Waals surface area contributed by atoms with E-state index in [0.717, 1.165) is 0 Å². The van der Waals surface area contributed by atoms with Gasteiger partial charge < -0.3 is 10.8 Å². The fourth-order valence-electron chi connectivity index (χ4n) is 1.42. The van der Waals surface area contributed by atoms with Gasteiger partial charge in [-0.1, -0.05) is 18.5 Å². The van der Waals surface area contributed by atoms with Crippen LogP contribution in [0.1, 0.15) is 19.0 Å². The fraction of sp³-hybridized carbons (Fsp3) is 0.400. The number of aromatic nitrogens is 1. The van der Waals surface area contributed by atoms with Crippen LogP contribution in [0.5, 0.6) is 0 Å². The van der Waals surface area contributed by atoms with Gasteiger partial charge >= 0.3 is 5.97 Å². The van der Waals surface area contributed by atoms with E-state index in [1.165, 1.54) is 0 Å². The van der Waals surface area contributed by atoms with Crippen molar-refractivity contribution in [2.24, 2.45) is 5.73 Å². The van der Waals surface area contributed by atoms with Gasteiger partial charge in [-0.3, -0.25) is 9.78 Å². The highest BCUT2D eigenvalue weighted by Crippen LogP contribution is 2.30. The molecule has 0 amide bonds. The summed E-state index contributed by atoms with van der Waals surface area (Å²) in [6.07, 6.45) is 1.50. The zero-order valence-electron chi connectivity index (χ0n) is 8.40. The Balaban J connectivity index is 3.11. The van der Waals surface area contributed by atoms with E-state index in [-0.39, 0.29) is 13.0 Å². The second kappa shape index (κ2) is 4.59. The van der Waals surface area contributed by atoms with E-state index in [0.29, 0.717) is 10.7 Å². The molecule has 0 aliphatic rings. The van der Waals surface area contributed by atoms with Crippen LogP contribution in [0.4, 0.5) is 0 Å². The molecule has 1 unspecified atom stereocenters. The summed E-state index contributed by atoms with van der Waals surface area (Å²) in [7, 11) is 0. The van der Waals surface area contributed by atoms with Gasteiger partial charge in [-0.2, -0.15) is 0 Å². The Morgan fingerprint density at radius 1 is 1.73 bits per heavy atom. The van der Waals surface area contributed by atoms with Gasteiger partial charge in [0.1, 0.15) is 0 Å². The number of carboxylic acid groups (broad SMARTS) is 1. The van der Waals surface area contributed by atoms with E-state index in [9.17, 15) is 4.79 Å². The van der Waals surface area contributed by atoms with Crippen LogP contribution in [0, 0.1) is 0 Å². The van der Waals surface area contributed by atoms with Crippen LogP contribution in [-0.2, 0) is 10.2 Å². The molecule has 0 saturated heterocycles. The van der Waals surface area contributed by atoms with Gasteiger partial charge in [0, 0.05) is 18.2 Å². The SMILES string of the molecule is CC(CN)(CC(=O)O)c1ncccc1Cl. The number of aliphatic carboxylic acids is 1. The second-order valence-corrected chi connectivity index (χ2v) is 4.08. The standard InChI is InChI=1S/C10H13ClN2O2/c1-10(6-12,5-8(14)15)9-7(11)3-2-4-13-9/h2-4H,5-6,12H2,1H3,(H,14,15). The molecule has 0 spiro atoms. The van der Waals surface area contributed by atoms with Crippen molar-refractivity contribution in [3.8, 4) is 0 Å². The lowest BCUT2D eigenvalue weighted by molar-refractivity contribution is -0.138. The Bertz CT molecular complexity index is 370. The average Bonchev–Trinajstić information content (AvgIpc) is 2.17. The quantitative estimate of drug-likeness (QED) is 0.817. The highest BCUT2D eigenvalue weighted by Gasteiger charge is 2.31. The van der Waals surface area contributed by atoms with Crippen molar-refractivity contribution in [1.29, 1.82) is 0 Å². The highest BCUT2D eigenvalue weighted by atomic mass is 35.5. The number of hydrogen-bond donors (Lipinski definition) is 2. The van der Waals surface area contributed by atoms with Crippen LogP contribution in [-0.4, -0.2) is 22.6 Å². The Labute approximate surface area is 93.1 Å². The monoisotopic (exact) mass is 228 g/mol. The maximum absolute atomic E-state index is 10.7. The van der Waals surface area contributed by atoms with Crippen molar-refractivity contribution in [3.63, 3.8) is 0 Å². The van der Waals surface area contributed by atoms with E-state index in [2.05, 4.69) is 4.98 Å². The van der Waals surface area contributed by atoms with Crippen LogP contribution in [0.2, 0.25) is 5.02 Å². The van der Waals surface area contributed by atoms with Crippen LogP contribution in [0.25, 0.3) is 0 Å². The second-order valence-electron chi connectivity index (χ2n) is 3.67. The summed E-state index contributed by atoms with van der Waals surface area (Å²) in [6.45, 7) is 1.94. The van der Waals surface area contributed by atoms with Gasteiger partial charge in [-0.05, 0) is 12.1 Å². The lowest BCUT2D eigenvalue weighted by Gasteiger charge is -2.26. The molecular weight excluding hydrogens is 216 g/mol. The Morgan fingerprint density at radius 2 is 2.40 bits per heavy atom. The third-order valence-corrected chi connectivity index (χ3v) is 2.63. The zero-order valence-corrected chi connectivity index (χ0v) is 9.16. The van der Waals surface area contributed by atoms with Crippen molar-refractivity contribution in [1.82, 2.24) is 4.98 Å². The van der Waals surface area contributed by atoms with Gasteiger partial charge in [0.15, 0.2) is 0 Å². The highest BCUT2D eigenvalue weighted by molar-refractivity contribution is 6.31. The van der Waals surface area contributed by atoms with Crippen molar-refractivity contribution in [2.45, 2.75) is 18.8 Å². The third-order valence-electron chi connectivity index (χ3n) is 2.32. The molecule has 4 nitrogen and oxygen atoms in total. The number of hydrogen-bond acceptors (Lipinski definition) is 3. The minimum absolute atomic E-state index is 0.0831. The number of halogens is 1. The first-order valence-corrected chi connectivity index (χ1v) is 4.90. The number of pyridine rings is 1. The first-order chi connectivity index (χ1) is 6.99. The molecule has 0 saturated carbocycles. The summed E-state index contributed by atoms with van der Waals surface area (Å²) in [5.41, 5.74) is 5.41. The van der Waals surface area contributed by atoms with Gasteiger partial charge in [-0.15, -0.1) is 0 Å². The number of carbonyl (C=O) groups is 1. The Hall–Kier alpha value is -1.13. The molecule has 3 N–H and O–H groups in total. The molecule has 0 bridgehead atoms. The smallest absolute Gasteiger partial charge is 0.304 e. The lowest BCUT2D eigenvalue weighted by atomic mass is 9.83. The zero-order chi connectivity index (χ0) is 11.5. The van der Waals surface area contributed by atoms with Crippen molar-refractivity contribution >= 4 is 17.6 Å². The molecule has 0 aliphatic carbocycles. The Kier molecular flexibility index (Phi) is 3.66. The summed E-state index contributed by atoms with van der Waals surface area (Å²) in [6, 6.07) is 3.38. The summed E-state index contributed by atoms with van der Waals surface area (Å²) in [5, 5.41) is 9.26. The molecule has 1 rings (SSSR count). The fourth-order valence-corrected chi connectivity index (χ4v) is 1.77. The maximum atomic E-state index is 10.7. The number of rotatable bonds is 4. The van der Waals surface area contributed by atoms with Crippen LogP contribution >= 0.6 is 11.6 Å². The molecular formula is C10H13ClN2O2. The summed E-state index contributed by atoms with van der Waals surface area (Å²) in [5.74, 6) is -0.912. The summed E-state index contributed by atoms with van der Waals surface area (Å²) in [4.78, 5) is 14.8. The van der Waals surface area contributed by atoms with E-state index in [4.69, 9.17) is 22.4 Å². The van der Waals surface area contributed by atoms with Gasteiger partial charge in [0.2, 0.25) is 0 Å². The molecule has 1 aromatic rings. The van der Waals surface area contributed by atoms with Gasteiger partial charge in [0.05, 0.1) is 17.1 Å². The van der Waals surface area contributed by atoms with Gasteiger partial charge in [0.25, 0.3) is 0 Å². The van der Waals surface area contributed by atoms with Crippen LogP contribution in [0.3, 0.4) is 0 Å². The molecule has 0 radical (unpaired) electrons. The van der Waals surface area contributed by atoms with Crippen LogP contribution < -0.4 is 5.73 Å². The van der Waals surface area contributed by atoms with E-state index in [1.54, 1.807) is 25.3 Å². The molecule has 15 heavy (non-hydrogen) atoms. The molecule has 1 atom stereocenters. The normalized spacial score (nSPS) is 14.6. The predicted octanol–water partition coefficient (Wildman–Crippen LogP) is 1.43. The first-order valence-electron chi connectivity index (χ1n) is 4.52. The lowest BCUT2D eigenvalue weighted by Crippen LogP contribution is -2.35. The largest absolute Gasteiger partial charge is 0.481 e. The molecule has 1 aromatic heterocycles. The topological polar surface area (TPSA) is 76.2 Å². The first kappa shape index (κ1) is 11.9. The Morgan fingerprint density at radius 3 is 2.87 bits per heavy atom. The minimum Gasteiger partial charge on any atom is -0.481 e. The third kappa shape index (κ3) is 2.67. The average molecular weight is 229 g/mol. The molecule has 0 fully saturated rings. The molecule has 5 heteroatoms. The van der Waals surface area contributed by atoms with Crippen molar-refractivity contribution in [2.75, 3.05) is 6.54 Å². The maximum Gasteiger partial charge on any atom is 0.304 e. The van der Waals surface area contributed by atoms with Crippen molar-refractivity contribution < 1.29 is 9.90 Å².